The molecule has 0 bridgehead atoms. The zero-order valence-electron chi connectivity index (χ0n) is 8.95. The van der Waals surface area contributed by atoms with Crippen molar-refractivity contribution in [1.29, 1.82) is 0 Å². The molecule has 15 heavy (non-hydrogen) atoms. The van der Waals surface area contributed by atoms with E-state index in [2.05, 4.69) is 10.6 Å². The molecule has 0 aliphatic carbocycles. The Balaban J connectivity index is 2.11. The van der Waals surface area contributed by atoms with E-state index in [1.165, 1.54) is 0 Å². The summed E-state index contributed by atoms with van der Waals surface area (Å²) in [5, 5.41) is 5.86. The van der Waals surface area contributed by atoms with Crippen molar-refractivity contribution in [1.82, 2.24) is 10.6 Å². The Kier molecular flexibility index (Phi) is 4.53. The first-order valence-corrected chi connectivity index (χ1v) is 7.18. The molecule has 1 amide bonds. The van der Waals surface area contributed by atoms with E-state index in [9.17, 15) is 13.2 Å². The molecule has 0 saturated carbocycles. The van der Waals surface area contributed by atoms with Gasteiger partial charge in [0.05, 0.1) is 0 Å². The zero-order valence-corrected chi connectivity index (χ0v) is 9.77. The van der Waals surface area contributed by atoms with Crippen LogP contribution in [0.15, 0.2) is 0 Å². The second kappa shape index (κ2) is 5.46. The minimum atomic E-state index is -3.20. The molecule has 1 heterocycles. The lowest BCUT2D eigenvalue weighted by molar-refractivity contribution is -0.118. The average molecular weight is 234 g/mol. The number of carbonyl (C=O) groups is 1. The van der Waals surface area contributed by atoms with E-state index in [4.69, 9.17) is 0 Å². The Hall–Kier alpha value is -0.620. The van der Waals surface area contributed by atoms with Crippen molar-refractivity contribution in [3.63, 3.8) is 0 Å². The van der Waals surface area contributed by atoms with Crippen LogP contribution >= 0.6 is 0 Å². The average Bonchev–Trinajstić information content (AvgIpc) is 2.53. The summed E-state index contributed by atoms with van der Waals surface area (Å²) in [7, 11) is -3.20. The number of hydrogen-bond donors (Lipinski definition) is 2. The molecular weight excluding hydrogens is 216 g/mol. The van der Waals surface area contributed by atoms with Crippen molar-refractivity contribution >= 4 is 15.7 Å². The van der Waals surface area contributed by atoms with Gasteiger partial charge in [-0.15, -0.1) is 0 Å². The lowest BCUT2D eigenvalue weighted by atomic mass is 10.1. The minimum Gasteiger partial charge on any atom is -0.355 e. The van der Waals surface area contributed by atoms with Gasteiger partial charge in [0.15, 0.2) is 9.84 Å². The third-order valence-electron chi connectivity index (χ3n) is 2.43. The Bertz CT molecular complexity index is 307. The standard InChI is InChI=1S/C9H18N2O3S/c1-15(13,14)7-9(12)11-5-3-8-2-4-10-6-8/h8,10H,2-7H2,1H3,(H,11,12). The number of rotatable bonds is 5. The highest BCUT2D eigenvalue weighted by Gasteiger charge is 2.15. The van der Waals surface area contributed by atoms with Crippen molar-refractivity contribution in [2.75, 3.05) is 31.6 Å². The summed E-state index contributed by atoms with van der Waals surface area (Å²) in [6.07, 6.45) is 3.12. The lowest BCUT2D eigenvalue weighted by Gasteiger charge is -2.08. The smallest absolute Gasteiger partial charge is 0.235 e. The number of hydrogen-bond acceptors (Lipinski definition) is 4. The summed E-state index contributed by atoms with van der Waals surface area (Å²) >= 11 is 0. The van der Waals surface area contributed by atoms with Crippen LogP contribution in [0.2, 0.25) is 0 Å². The molecule has 1 rings (SSSR count). The maximum Gasteiger partial charge on any atom is 0.235 e. The number of carbonyl (C=O) groups excluding carboxylic acids is 1. The molecule has 1 saturated heterocycles. The van der Waals surface area contributed by atoms with E-state index in [0.29, 0.717) is 12.5 Å². The molecule has 5 nitrogen and oxygen atoms in total. The van der Waals surface area contributed by atoms with Gasteiger partial charge in [-0.2, -0.15) is 0 Å². The first-order chi connectivity index (χ1) is 6.97. The highest BCUT2D eigenvalue weighted by atomic mass is 32.2. The van der Waals surface area contributed by atoms with E-state index in [0.717, 1.165) is 32.2 Å². The quantitative estimate of drug-likeness (QED) is 0.649. The molecule has 0 aromatic rings. The monoisotopic (exact) mass is 234 g/mol. The molecule has 1 fully saturated rings. The van der Waals surface area contributed by atoms with Crippen LogP contribution in [0.25, 0.3) is 0 Å². The normalized spacial score (nSPS) is 21.5. The van der Waals surface area contributed by atoms with Crippen molar-refractivity contribution < 1.29 is 13.2 Å². The van der Waals surface area contributed by atoms with Gasteiger partial charge in [0, 0.05) is 12.8 Å². The van der Waals surface area contributed by atoms with Gasteiger partial charge in [-0.1, -0.05) is 0 Å². The van der Waals surface area contributed by atoms with Crippen LogP contribution in [0.3, 0.4) is 0 Å². The summed E-state index contributed by atoms with van der Waals surface area (Å²) < 4.78 is 21.6. The van der Waals surface area contributed by atoms with Crippen molar-refractivity contribution in [3.05, 3.63) is 0 Å². The first kappa shape index (κ1) is 12.4. The number of amides is 1. The zero-order chi connectivity index (χ0) is 11.3. The van der Waals surface area contributed by atoms with Crippen LogP contribution in [-0.4, -0.2) is 46.0 Å². The fourth-order valence-electron chi connectivity index (χ4n) is 1.67. The largest absolute Gasteiger partial charge is 0.355 e. The van der Waals surface area contributed by atoms with E-state index >= 15 is 0 Å². The van der Waals surface area contributed by atoms with Gasteiger partial charge in [-0.05, 0) is 31.8 Å². The minimum absolute atomic E-state index is 0.400. The number of sulfone groups is 1. The molecule has 0 aromatic heterocycles. The number of nitrogens with one attached hydrogen (secondary N) is 2. The van der Waals surface area contributed by atoms with Gasteiger partial charge in [-0.3, -0.25) is 4.79 Å². The van der Waals surface area contributed by atoms with Crippen LogP contribution in [0.4, 0.5) is 0 Å². The fourth-order valence-corrected chi connectivity index (χ4v) is 2.24. The summed E-state index contributed by atoms with van der Waals surface area (Å²) in [6.45, 7) is 2.62. The van der Waals surface area contributed by atoms with Crippen molar-refractivity contribution in [3.8, 4) is 0 Å². The van der Waals surface area contributed by atoms with E-state index in [1.54, 1.807) is 0 Å². The van der Waals surface area contributed by atoms with E-state index < -0.39 is 21.5 Å². The lowest BCUT2D eigenvalue weighted by Crippen LogP contribution is -2.31. The van der Waals surface area contributed by atoms with E-state index in [1.807, 2.05) is 0 Å². The van der Waals surface area contributed by atoms with Gasteiger partial charge < -0.3 is 10.6 Å². The fraction of sp³-hybridized carbons (Fsp3) is 0.889. The summed E-state index contributed by atoms with van der Waals surface area (Å²) in [5.74, 6) is -0.192. The molecule has 88 valence electrons. The Morgan fingerprint density at radius 2 is 2.27 bits per heavy atom. The molecule has 0 spiro atoms. The predicted molar refractivity (Wildman–Crippen MR) is 58.3 cm³/mol. The molecule has 6 heteroatoms. The maximum absolute atomic E-state index is 11.1. The Morgan fingerprint density at radius 1 is 1.53 bits per heavy atom. The molecule has 1 aliphatic rings. The molecule has 1 aliphatic heterocycles. The molecular formula is C9H18N2O3S. The topological polar surface area (TPSA) is 75.3 Å². The predicted octanol–water partition coefficient (Wildman–Crippen LogP) is -0.853. The van der Waals surface area contributed by atoms with Gasteiger partial charge in [-0.25, -0.2) is 8.42 Å². The highest BCUT2D eigenvalue weighted by Crippen LogP contribution is 2.10. The van der Waals surface area contributed by atoms with Crippen LogP contribution in [-0.2, 0) is 14.6 Å². The van der Waals surface area contributed by atoms with Gasteiger partial charge in [0.2, 0.25) is 5.91 Å². The SMILES string of the molecule is CS(=O)(=O)CC(=O)NCCC1CCNC1. The van der Waals surface area contributed by atoms with Gasteiger partial charge in [0.1, 0.15) is 5.75 Å². The van der Waals surface area contributed by atoms with Crippen LogP contribution < -0.4 is 10.6 Å². The third-order valence-corrected chi connectivity index (χ3v) is 3.22. The third kappa shape index (κ3) is 5.74. The second-order valence-electron chi connectivity index (χ2n) is 4.07. The Morgan fingerprint density at radius 3 is 2.80 bits per heavy atom. The van der Waals surface area contributed by atoms with E-state index in [-0.39, 0.29) is 0 Å². The van der Waals surface area contributed by atoms with Crippen LogP contribution in [0.5, 0.6) is 0 Å². The molecule has 0 aromatic carbocycles. The summed E-state index contributed by atoms with van der Waals surface area (Å²) in [6, 6.07) is 0. The maximum atomic E-state index is 11.1. The highest BCUT2D eigenvalue weighted by molar-refractivity contribution is 7.91. The summed E-state index contributed by atoms with van der Waals surface area (Å²) in [4.78, 5) is 11.1. The second-order valence-corrected chi connectivity index (χ2v) is 6.21. The first-order valence-electron chi connectivity index (χ1n) is 5.12. The van der Waals surface area contributed by atoms with Crippen molar-refractivity contribution in [2.24, 2.45) is 5.92 Å². The molecule has 1 atom stereocenters. The van der Waals surface area contributed by atoms with Gasteiger partial charge in [0.25, 0.3) is 0 Å². The van der Waals surface area contributed by atoms with Gasteiger partial charge >= 0.3 is 0 Å². The molecule has 1 unspecified atom stereocenters. The molecule has 0 radical (unpaired) electrons. The summed E-state index contributed by atoms with van der Waals surface area (Å²) in [5.41, 5.74) is 0. The van der Waals surface area contributed by atoms with Crippen LogP contribution in [0.1, 0.15) is 12.8 Å². The van der Waals surface area contributed by atoms with Crippen LogP contribution in [0, 0.1) is 5.92 Å². The molecule has 2 N–H and O–H groups in total. The Labute approximate surface area is 90.5 Å². The van der Waals surface area contributed by atoms with Crippen molar-refractivity contribution in [2.45, 2.75) is 12.8 Å².